The van der Waals surface area contributed by atoms with Crippen LogP contribution in [0.4, 0.5) is 0 Å². The fraction of sp³-hybridized carbons (Fsp3) is 0.400. The molecule has 0 amide bonds. The van der Waals surface area contributed by atoms with Crippen LogP contribution in [0.5, 0.6) is 0 Å². The second-order valence-corrected chi connectivity index (χ2v) is 7.31. The normalized spacial score (nSPS) is 20.9. The van der Waals surface area contributed by atoms with Crippen LogP contribution in [0.1, 0.15) is 36.8 Å². The van der Waals surface area contributed by atoms with Gasteiger partial charge in [-0.3, -0.25) is 0 Å². The van der Waals surface area contributed by atoms with E-state index < -0.39 is 0 Å². The predicted octanol–water partition coefficient (Wildman–Crippen LogP) is 5.18. The van der Waals surface area contributed by atoms with E-state index in [1.807, 2.05) is 36.4 Å². The Labute approximate surface area is 154 Å². The van der Waals surface area contributed by atoms with Crippen LogP contribution < -0.4 is 10.6 Å². The third-order valence-corrected chi connectivity index (χ3v) is 5.54. The first kappa shape index (κ1) is 17.8. The third-order valence-electron chi connectivity index (χ3n) is 4.81. The molecule has 0 spiro atoms. The summed E-state index contributed by atoms with van der Waals surface area (Å²) in [6.07, 6.45) is 4.80. The molecule has 1 saturated carbocycles. The lowest BCUT2D eigenvalue weighted by atomic mass is 9.91. The third kappa shape index (κ3) is 4.97. The van der Waals surface area contributed by atoms with Gasteiger partial charge in [0.1, 0.15) is 0 Å². The highest BCUT2D eigenvalue weighted by Gasteiger charge is 2.20. The SMILES string of the molecule is Clc1ccccc1CNC1CCC(NCc2ccccc2Cl)CC1. The summed E-state index contributed by atoms with van der Waals surface area (Å²) in [4.78, 5) is 0. The molecule has 0 unspecified atom stereocenters. The molecule has 1 fully saturated rings. The maximum Gasteiger partial charge on any atom is 0.0450 e. The van der Waals surface area contributed by atoms with Crippen molar-refractivity contribution >= 4 is 23.2 Å². The minimum Gasteiger partial charge on any atom is -0.310 e. The lowest BCUT2D eigenvalue weighted by molar-refractivity contribution is 0.305. The predicted molar refractivity (Wildman–Crippen MR) is 103 cm³/mol. The van der Waals surface area contributed by atoms with E-state index in [-0.39, 0.29) is 0 Å². The van der Waals surface area contributed by atoms with E-state index in [0.29, 0.717) is 12.1 Å². The second-order valence-electron chi connectivity index (χ2n) is 6.49. The number of halogens is 2. The molecule has 24 heavy (non-hydrogen) atoms. The highest BCUT2D eigenvalue weighted by Crippen LogP contribution is 2.22. The molecule has 0 heterocycles. The first-order valence-corrected chi connectivity index (χ1v) is 9.41. The molecule has 0 atom stereocenters. The summed E-state index contributed by atoms with van der Waals surface area (Å²) >= 11 is 12.4. The number of hydrogen-bond acceptors (Lipinski definition) is 2. The molecule has 0 saturated heterocycles. The molecule has 1 aliphatic rings. The summed E-state index contributed by atoms with van der Waals surface area (Å²) < 4.78 is 0. The van der Waals surface area contributed by atoms with Gasteiger partial charge in [0.2, 0.25) is 0 Å². The highest BCUT2D eigenvalue weighted by atomic mass is 35.5. The maximum atomic E-state index is 6.22. The van der Waals surface area contributed by atoms with Crippen molar-refractivity contribution in [1.82, 2.24) is 10.6 Å². The van der Waals surface area contributed by atoms with Crippen molar-refractivity contribution in [3.8, 4) is 0 Å². The van der Waals surface area contributed by atoms with Crippen LogP contribution in [0, 0.1) is 0 Å². The van der Waals surface area contributed by atoms with Gasteiger partial charge in [0.25, 0.3) is 0 Å². The van der Waals surface area contributed by atoms with Gasteiger partial charge in [-0.05, 0) is 48.9 Å². The highest BCUT2D eigenvalue weighted by molar-refractivity contribution is 6.31. The molecule has 128 valence electrons. The second kappa shape index (κ2) is 8.87. The van der Waals surface area contributed by atoms with Gasteiger partial charge in [-0.1, -0.05) is 59.6 Å². The zero-order chi connectivity index (χ0) is 16.8. The van der Waals surface area contributed by atoms with Gasteiger partial charge in [0.05, 0.1) is 0 Å². The molecule has 1 aliphatic carbocycles. The quantitative estimate of drug-likeness (QED) is 0.739. The van der Waals surface area contributed by atoms with Crippen LogP contribution in [-0.4, -0.2) is 12.1 Å². The van der Waals surface area contributed by atoms with Crippen LogP contribution in [-0.2, 0) is 13.1 Å². The lowest BCUT2D eigenvalue weighted by Crippen LogP contribution is -2.39. The minimum absolute atomic E-state index is 0.583. The van der Waals surface area contributed by atoms with Crippen LogP contribution in [0.2, 0.25) is 10.0 Å². The van der Waals surface area contributed by atoms with E-state index in [2.05, 4.69) is 22.8 Å². The molecule has 2 aromatic rings. The number of rotatable bonds is 6. The van der Waals surface area contributed by atoms with Crippen LogP contribution in [0.25, 0.3) is 0 Å². The van der Waals surface area contributed by atoms with Crippen molar-refractivity contribution in [2.24, 2.45) is 0 Å². The number of nitrogens with one attached hydrogen (secondary N) is 2. The summed E-state index contributed by atoms with van der Waals surface area (Å²) in [6.45, 7) is 1.70. The van der Waals surface area contributed by atoms with Crippen molar-refractivity contribution in [2.75, 3.05) is 0 Å². The Morgan fingerprint density at radius 1 is 0.667 bits per heavy atom. The molecule has 0 aliphatic heterocycles. The molecule has 2 aromatic carbocycles. The molecule has 0 aromatic heterocycles. The minimum atomic E-state index is 0.583. The van der Waals surface area contributed by atoms with Crippen LogP contribution in [0.15, 0.2) is 48.5 Å². The summed E-state index contributed by atoms with van der Waals surface area (Å²) in [5.41, 5.74) is 2.36. The number of benzene rings is 2. The topological polar surface area (TPSA) is 24.1 Å². The van der Waals surface area contributed by atoms with Crippen molar-refractivity contribution in [1.29, 1.82) is 0 Å². The van der Waals surface area contributed by atoms with Gasteiger partial charge in [-0.25, -0.2) is 0 Å². The van der Waals surface area contributed by atoms with E-state index in [0.717, 1.165) is 23.1 Å². The maximum absolute atomic E-state index is 6.22. The molecule has 2 nitrogen and oxygen atoms in total. The van der Waals surface area contributed by atoms with E-state index in [9.17, 15) is 0 Å². The zero-order valence-corrected chi connectivity index (χ0v) is 15.3. The Bertz CT molecular complexity index is 594. The first-order chi connectivity index (χ1) is 11.7. The van der Waals surface area contributed by atoms with Gasteiger partial charge >= 0.3 is 0 Å². The Balaban J connectivity index is 1.40. The van der Waals surface area contributed by atoms with E-state index in [4.69, 9.17) is 23.2 Å². The Kier molecular flexibility index (Phi) is 6.56. The molecular formula is C20H24Cl2N2. The largest absolute Gasteiger partial charge is 0.310 e. The molecule has 3 rings (SSSR count). The zero-order valence-electron chi connectivity index (χ0n) is 13.8. The molecule has 2 N–H and O–H groups in total. The first-order valence-electron chi connectivity index (χ1n) is 8.66. The van der Waals surface area contributed by atoms with E-state index in [1.165, 1.54) is 36.8 Å². The monoisotopic (exact) mass is 362 g/mol. The van der Waals surface area contributed by atoms with Gasteiger partial charge in [0, 0.05) is 35.2 Å². The van der Waals surface area contributed by atoms with Gasteiger partial charge < -0.3 is 10.6 Å². The van der Waals surface area contributed by atoms with Gasteiger partial charge in [-0.15, -0.1) is 0 Å². The molecule has 4 heteroatoms. The van der Waals surface area contributed by atoms with E-state index in [1.54, 1.807) is 0 Å². The standard InChI is InChI=1S/C20H24Cl2N2/c21-19-7-3-1-5-15(19)13-23-17-9-11-18(12-10-17)24-14-16-6-2-4-8-20(16)22/h1-8,17-18,23-24H,9-14H2. The molecule has 0 bridgehead atoms. The van der Waals surface area contributed by atoms with Crippen molar-refractivity contribution in [2.45, 2.75) is 50.9 Å². The summed E-state index contributed by atoms with van der Waals surface area (Å²) in [7, 11) is 0. The average Bonchev–Trinajstić information content (AvgIpc) is 2.61. The molecular weight excluding hydrogens is 339 g/mol. The fourth-order valence-electron chi connectivity index (χ4n) is 3.29. The Morgan fingerprint density at radius 2 is 1.04 bits per heavy atom. The lowest BCUT2D eigenvalue weighted by Gasteiger charge is -2.30. The van der Waals surface area contributed by atoms with Crippen molar-refractivity contribution in [3.63, 3.8) is 0 Å². The van der Waals surface area contributed by atoms with Crippen LogP contribution >= 0.6 is 23.2 Å². The summed E-state index contributed by atoms with van der Waals surface area (Å²) in [6, 6.07) is 17.3. The molecule has 0 radical (unpaired) electrons. The van der Waals surface area contributed by atoms with Crippen LogP contribution in [0.3, 0.4) is 0 Å². The van der Waals surface area contributed by atoms with Gasteiger partial charge in [0.15, 0.2) is 0 Å². The van der Waals surface area contributed by atoms with E-state index >= 15 is 0 Å². The average molecular weight is 363 g/mol. The van der Waals surface area contributed by atoms with Crippen molar-refractivity contribution in [3.05, 3.63) is 69.7 Å². The Morgan fingerprint density at radius 3 is 1.42 bits per heavy atom. The van der Waals surface area contributed by atoms with Crippen molar-refractivity contribution < 1.29 is 0 Å². The number of hydrogen-bond donors (Lipinski definition) is 2. The smallest absolute Gasteiger partial charge is 0.0450 e. The fourth-order valence-corrected chi connectivity index (χ4v) is 3.70. The Hall–Kier alpha value is -1.06. The summed E-state index contributed by atoms with van der Waals surface area (Å²) in [5, 5.41) is 8.99. The van der Waals surface area contributed by atoms with Gasteiger partial charge in [-0.2, -0.15) is 0 Å². The summed E-state index contributed by atoms with van der Waals surface area (Å²) in [5.74, 6) is 0.